The number of hydrogen-bond acceptors (Lipinski definition) is 4. The van der Waals surface area contributed by atoms with Crippen LogP contribution < -0.4 is 0 Å². The molecule has 0 saturated carbocycles. The quantitative estimate of drug-likeness (QED) is 0.742. The van der Waals surface area contributed by atoms with Gasteiger partial charge in [-0.2, -0.15) is 0 Å². The Morgan fingerprint density at radius 1 is 0.714 bits per heavy atom. The van der Waals surface area contributed by atoms with Crippen molar-refractivity contribution in [1.29, 1.82) is 0 Å². The minimum Gasteiger partial charge on any atom is -0.345 e. The van der Waals surface area contributed by atoms with Crippen molar-refractivity contribution in [2.24, 2.45) is 0 Å². The van der Waals surface area contributed by atoms with Crippen molar-refractivity contribution in [3.63, 3.8) is 0 Å². The summed E-state index contributed by atoms with van der Waals surface area (Å²) in [5.74, 6) is -0.148. The van der Waals surface area contributed by atoms with Crippen LogP contribution in [-0.4, -0.2) is 116 Å². The Morgan fingerprint density at radius 2 is 1.14 bits per heavy atom. The number of rotatable bonds is 2. The molecule has 1 aromatic carbocycles. The second kappa shape index (κ2) is 8.60. The molecule has 2 aliphatic rings. The molecule has 0 aliphatic carbocycles. The van der Waals surface area contributed by atoms with Crippen molar-refractivity contribution in [2.45, 2.75) is 0 Å². The summed E-state index contributed by atoms with van der Waals surface area (Å²) in [6, 6.07) is 6.83. The van der Waals surface area contributed by atoms with Gasteiger partial charge in [-0.15, -0.1) is 0 Å². The largest absolute Gasteiger partial charge is 0.345 e. The molecular formula is C20H29N5O3. The molecule has 2 fully saturated rings. The van der Waals surface area contributed by atoms with Gasteiger partial charge in [-0.25, -0.2) is 4.79 Å². The van der Waals surface area contributed by atoms with Gasteiger partial charge in [0.05, 0.1) is 0 Å². The van der Waals surface area contributed by atoms with E-state index in [4.69, 9.17) is 0 Å². The molecule has 152 valence electrons. The summed E-state index contributed by atoms with van der Waals surface area (Å²) in [7, 11) is 5.46. The zero-order valence-corrected chi connectivity index (χ0v) is 16.9. The molecule has 0 atom stereocenters. The van der Waals surface area contributed by atoms with Gasteiger partial charge in [-0.1, -0.05) is 0 Å². The summed E-state index contributed by atoms with van der Waals surface area (Å²) < 4.78 is 0. The van der Waals surface area contributed by atoms with Gasteiger partial charge in [0.2, 0.25) is 0 Å². The molecule has 4 amide bonds. The van der Waals surface area contributed by atoms with E-state index in [2.05, 4.69) is 11.9 Å². The Kier molecular flexibility index (Phi) is 6.18. The first kappa shape index (κ1) is 20.1. The fraction of sp³-hybridized carbons (Fsp3) is 0.550. The molecule has 0 aromatic heterocycles. The van der Waals surface area contributed by atoms with Crippen LogP contribution in [0.5, 0.6) is 0 Å². The molecule has 1 aromatic rings. The van der Waals surface area contributed by atoms with Crippen LogP contribution in [-0.2, 0) is 0 Å². The van der Waals surface area contributed by atoms with Crippen LogP contribution in [0.3, 0.4) is 0 Å². The highest BCUT2D eigenvalue weighted by molar-refractivity contribution is 5.97. The molecule has 0 N–H and O–H groups in total. The molecule has 2 aliphatic heterocycles. The van der Waals surface area contributed by atoms with Crippen molar-refractivity contribution in [2.75, 3.05) is 73.5 Å². The van der Waals surface area contributed by atoms with E-state index in [9.17, 15) is 14.4 Å². The van der Waals surface area contributed by atoms with Crippen molar-refractivity contribution in [3.8, 4) is 0 Å². The Labute approximate surface area is 166 Å². The smallest absolute Gasteiger partial charge is 0.320 e. The lowest BCUT2D eigenvalue weighted by Crippen LogP contribution is -2.57. The molecule has 0 radical (unpaired) electrons. The first-order valence-electron chi connectivity index (χ1n) is 9.70. The van der Waals surface area contributed by atoms with Crippen LogP contribution in [0.15, 0.2) is 24.3 Å². The van der Waals surface area contributed by atoms with E-state index in [-0.39, 0.29) is 17.8 Å². The summed E-state index contributed by atoms with van der Waals surface area (Å²) in [6.45, 7) is 5.46. The Bertz CT molecular complexity index is 718. The molecule has 2 heterocycles. The first-order valence-corrected chi connectivity index (χ1v) is 9.70. The number of amides is 4. The van der Waals surface area contributed by atoms with E-state index in [1.807, 2.05) is 9.80 Å². The van der Waals surface area contributed by atoms with E-state index in [0.717, 1.165) is 26.2 Å². The SMILES string of the molecule is CN1CCN(C(=O)N2CCN(C(=O)c3ccc(C(=O)N(C)C)cc3)CC2)CC1. The van der Waals surface area contributed by atoms with Crippen LogP contribution in [0, 0.1) is 0 Å². The Hall–Kier alpha value is -2.61. The zero-order valence-electron chi connectivity index (χ0n) is 16.9. The van der Waals surface area contributed by atoms with Crippen LogP contribution in [0.2, 0.25) is 0 Å². The lowest BCUT2D eigenvalue weighted by molar-refractivity contribution is 0.0619. The number of likely N-dealkylation sites (N-methyl/N-ethyl adjacent to an activating group) is 1. The number of hydrogen-bond donors (Lipinski definition) is 0. The summed E-state index contributed by atoms with van der Waals surface area (Å²) in [5.41, 5.74) is 1.12. The third-order valence-corrected chi connectivity index (χ3v) is 5.40. The minimum absolute atomic E-state index is 0.0597. The maximum absolute atomic E-state index is 12.7. The maximum atomic E-state index is 12.7. The molecule has 0 bridgehead atoms. The summed E-state index contributed by atoms with van der Waals surface area (Å²) in [5, 5.41) is 0. The molecule has 3 rings (SSSR count). The van der Waals surface area contributed by atoms with Crippen LogP contribution in [0.1, 0.15) is 20.7 Å². The van der Waals surface area contributed by atoms with Crippen LogP contribution in [0.4, 0.5) is 4.79 Å². The highest BCUT2D eigenvalue weighted by Crippen LogP contribution is 2.13. The van der Waals surface area contributed by atoms with Gasteiger partial charge in [0, 0.05) is 77.6 Å². The summed E-state index contributed by atoms with van der Waals surface area (Å²) >= 11 is 0. The topological polar surface area (TPSA) is 67.4 Å². The summed E-state index contributed by atoms with van der Waals surface area (Å²) in [6.07, 6.45) is 0. The highest BCUT2D eigenvalue weighted by atomic mass is 16.2. The van der Waals surface area contributed by atoms with Crippen molar-refractivity contribution >= 4 is 17.8 Å². The van der Waals surface area contributed by atoms with Gasteiger partial charge in [-0.05, 0) is 31.3 Å². The van der Waals surface area contributed by atoms with E-state index < -0.39 is 0 Å². The molecule has 8 nitrogen and oxygen atoms in total. The van der Waals surface area contributed by atoms with Crippen molar-refractivity contribution < 1.29 is 14.4 Å². The third kappa shape index (κ3) is 4.44. The Morgan fingerprint density at radius 3 is 1.64 bits per heavy atom. The normalized spacial score (nSPS) is 18.2. The molecule has 28 heavy (non-hydrogen) atoms. The van der Waals surface area contributed by atoms with Gasteiger partial charge in [-0.3, -0.25) is 9.59 Å². The van der Waals surface area contributed by atoms with E-state index in [1.54, 1.807) is 43.3 Å². The number of piperazine rings is 2. The minimum atomic E-state index is -0.0879. The van der Waals surface area contributed by atoms with E-state index in [1.165, 1.54) is 4.90 Å². The average molecular weight is 387 g/mol. The van der Waals surface area contributed by atoms with Gasteiger partial charge < -0.3 is 24.5 Å². The number of benzene rings is 1. The second-order valence-corrected chi connectivity index (χ2v) is 7.63. The maximum Gasteiger partial charge on any atom is 0.320 e. The molecule has 0 spiro atoms. The van der Waals surface area contributed by atoms with Gasteiger partial charge in [0.1, 0.15) is 0 Å². The number of urea groups is 1. The summed E-state index contributed by atoms with van der Waals surface area (Å²) in [4.78, 5) is 46.6. The Balaban J connectivity index is 1.53. The second-order valence-electron chi connectivity index (χ2n) is 7.63. The molecule has 0 unspecified atom stereocenters. The van der Waals surface area contributed by atoms with Crippen molar-refractivity contribution in [1.82, 2.24) is 24.5 Å². The number of carbonyl (C=O) groups excluding carboxylic acids is 3. The van der Waals surface area contributed by atoms with E-state index >= 15 is 0 Å². The monoisotopic (exact) mass is 387 g/mol. The highest BCUT2D eigenvalue weighted by Gasteiger charge is 2.29. The molecular weight excluding hydrogens is 358 g/mol. The third-order valence-electron chi connectivity index (χ3n) is 5.40. The lowest BCUT2D eigenvalue weighted by Gasteiger charge is -2.40. The fourth-order valence-corrected chi connectivity index (χ4v) is 3.49. The van der Waals surface area contributed by atoms with Crippen LogP contribution in [0.25, 0.3) is 0 Å². The van der Waals surface area contributed by atoms with Gasteiger partial charge in [0.25, 0.3) is 11.8 Å². The zero-order chi connectivity index (χ0) is 20.3. The average Bonchev–Trinajstić information content (AvgIpc) is 2.73. The first-order chi connectivity index (χ1) is 13.4. The standard InChI is InChI=1S/C20H29N5O3/c1-21(2)18(26)16-4-6-17(7-5-16)19(27)23-12-14-25(15-13-23)20(28)24-10-8-22(3)9-11-24/h4-7H,8-15H2,1-3H3. The predicted octanol–water partition coefficient (Wildman–Crippen LogP) is 0.514. The van der Waals surface area contributed by atoms with Crippen molar-refractivity contribution in [3.05, 3.63) is 35.4 Å². The molecule has 2 saturated heterocycles. The van der Waals surface area contributed by atoms with E-state index in [0.29, 0.717) is 37.3 Å². The molecule has 8 heteroatoms. The number of carbonyl (C=O) groups is 3. The van der Waals surface area contributed by atoms with Gasteiger partial charge >= 0.3 is 6.03 Å². The number of nitrogens with zero attached hydrogens (tertiary/aromatic N) is 5. The fourth-order valence-electron chi connectivity index (χ4n) is 3.49. The van der Waals surface area contributed by atoms with Gasteiger partial charge in [0.15, 0.2) is 0 Å². The lowest BCUT2D eigenvalue weighted by atomic mass is 10.1. The van der Waals surface area contributed by atoms with Crippen LogP contribution >= 0.6 is 0 Å². The predicted molar refractivity (Wildman–Crippen MR) is 106 cm³/mol.